The monoisotopic (exact) mass is 509 g/mol. The highest BCUT2D eigenvalue weighted by Gasteiger charge is 2.32. The minimum atomic E-state index is -0.124. The van der Waals surface area contributed by atoms with E-state index in [4.69, 9.17) is 9.47 Å². The summed E-state index contributed by atoms with van der Waals surface area (Å²) < 4.78 is 12.3. The molecule has 1 heterocycles. The highest BCUT2D eigenvalue weighted by Crippen LogP contribution is 2.36. The summed E-state index contributed by atoms with van der Waals surface area (Å²) in [6, 6.07) is 20.2. The molecule has 0 radical (unpaired) electrons. The van der Waals surface area contributed by atoms with E-state index in [2.05, 4.69) is 69.9 Å². The number of nitrogens with one attached hydrogen (secondary N) is 1. The Morgan fingerprint density at radius 3 is 2.48 bits per heavy atom. The number of benzene rings is 3. The average Bonchev–Trinajstić information content (AvgIpc) is 2.85. The Hall–Kier alpha value is -2.96. The molecule has 0 saturated heterocycles. The van der Waals surface area contributed by atoms with Gasteiger partial charge in [-0.05, 0) is 54.8 Å². The number of phenols is 1. The molecule has 0 aliphatic carbocycles. The molecule has 3 aromatic carbocycles. The molecule has 5 nitrogen and oxygen atoms in total. The van der Waals surface area contributed by atoms with Gasteiger partial charge in [-0.15, -0.1) is 0 Å². The van der Waals surface area contributed by atoms with Crippen LogP contribution in [0.3, 0.4) is 0 Å². The van der Waals surface area contributed by atoms with E-state index in [1.54, 1.807) is 13.2 Å². The molecule has 0 aromatic heterocycles. The van der Waals surface area contributed by atoms with Gasteiger partial charge in [0.1, 0.15) is 11.8 Å². The van der Waals surface area contributed by atoms with Gasteiger partial charge in [-0.2, -0.15) is 0 Å². The SMILES string of the molecule is CCOc1cccc(C2C=C(c3ccc(CC)cc3)NC(c3cc(Br)ccc3OC)[NH2+]2)c1O. The summed E-state index contributed by atoms with van der Waals surface area (Å²) in [4.78, 5) is 0. The van der Waals surface area contributed by atoms with E-state index in [1.165, 1.54) is 5.56 Å². The smallest absolute Gasteiger partial charge is 0.190 e. The van der Waals surface area contributed by atoms with Crippen LogP contribution in [0.5, 0.6) is 17.2 Å². The Bertz CT molecular complexity index is 1140. The van der Waals surface area contributed by atoms with Gasteiger partial charge in [-0.3, -0.25) is 0 Å². The molecule has 4 rings (SSSR count). The maximum Gasteiger partial charge on any atom is 0.190 e. The van der Waals surface area contributed by atoms with Crippen LogP contribution in [0.15, 0.2) is 71.2 Å². The van der Waals surface area contributed by atoms with Crippen molar-refractivity contribution in [3.05, 3.63) is 93.5 Å². The van der Waals surface area contributed by atoms with Crippen molar-refractivity contribution < 1.29 is 19.9 Å². The molecule has 6 heteroatoms. The molecule has 172 valence electrons. The standard InChI is InChI=1S/C27H29BrN2O3/c1-4-17-9-11-18(12-10-17)22-16-23(20-7-6-8-25(26(20)31)33-5-2)30-27(29-22)21-15-19(28)13-14-24(21)32-3/h6-16,23,27,29-31H,4-5H2,1-3H3/p+1. The summed E-state index contributed by atoms with van der Waals surface area (Å²) in [5.74, 6) is 1.49. The fourth-order valence-electron chi connectivity index (χ4n) is 4.21. The van der Waals surface area contributed by atoms with E-state index in [-0.39, 0.29) is 18.0 Å². The third-order valence-electron chi connectivity index (χ3n) is 5.95. The number of ether oxygens (including phenoxy) is 2. The van der Waals surface area contributed by atoms with Gasteiger partial charge in [-0.25, -0.2) is 0 Å². The van der Waals surface area contributed by atoms with E-state index in [1.807, 2.05) is 31.2 Å². The number of aromatic hydroxyl groups is 1. The van der Waals surface area contributed by atoms with Gasteiger partial charge in [-0.1, -0.05) is 53.2 Å². The van der Waals surface area contributed by atoms with E-state index >= 15 is 0 Å². The van der Waals surface area contributed by atoms with Crippen molar-refractivity contribution in [3.63, 3.8) is 0 Å². The summed E-state index contributed by atoms with van der Waals surface area (Å²) in [5.41, 5.74) is 5.24. The molecule has 0 saturated carbocycles. The second-order valence-electron chi connectivity index (χ2n) is 7.98. The number of aryl methyl sites for hydroxylation is 1. The lowest BCUT2D eigenvalue weighted by atomic mass is 9.97. The number of rotatable bonds is 7. The first-order valence-corrected chi connectivity index (χ1v) is 12.0. The molecule has 4 N–H and O–H groups in total. The topological polar surface area (TPSA) is 67.3 Å². The quantitative estimate of drug-likeness (QED) is 0.415. The number of phenolic OH excluding ortho intramolecular Hbond substituents is 1. The third-order valence-corrected chi connectivity index (χ3v) is 6.44. The maximum atomic E-state index is 11.0. The van der Waals surface area contributed by atoms with Crippen LogP contribution in [0, 0.1) is 0 Å². The van der Waals surface area contributed by atoms with Crippen LogP contribution in [0.2, 0.25) is 0 Å². The van der Waals surface area contributed by atoms with Crippen LogP contribution < -0.4 is 20.1 Å². The van der Waals surface area contributed by atoms with Crippen molar-refractivity contribution in [2.24, 2.45) is 0 Å². The van der Waals surface area contributed by atoms with Crippen LogP contribution in [-0.4, -0.2) is 18.8 Å². The number of quaternary nitrogens is 1. The zero-order chi connectivity index (χ0) is 23.4. The second kappa shape index (κ2) is 10.3. The summed E-state index contributed by atoms with van der Waals surface area (Å²) in [5, 5.41) is 16.8. The number of nitrogens with two attached hydrogens (primary N) is 1. The fourth-order valence-corrected chi connectivity index (χ4v) is 4.59. The number of hydrogen-bond donors (Lipinski definition) is 3. The van der Waals surface area contributed by atoms with E-state index in [9.17, 15) is 5.11 Å². The van der Waals surface area contributed by atoms with Crippen molar-refractivity contribution in [1.29, 1.82) is 0 Å². The lowest BCUT2D eigenvalue weighted by Gasteiger charge is -2.31. The lowest BCUT2D eigenvalue weighted by Crippen LogP contribution is -2.89. The fraction of sp³-hybridized carbons (Fsp3) is 0.259. The molecule has 1 aliphatic heterocycles. The second-order valence-corrected chi connectivity index (χ2v) is 8.90. The predicted molar refractivity (Wildman–Crippen MR) is 134 cm³/mol. The molecule has 0 fully saturated rings. The maximum absolute atomic E-state index is 11.0. The molecular formula is C27H30BrN2O3+. The first-order chi connectivity index (χ1) is 16.0. The van der Waals surface area contributed by atoms with Crippen LogP contribution in [-0.2, 0) is 6.42 Å². The van der Waals surface area contributed by atoms with Crippen molar-refractivity contribution in [1.82, 2.24) is 5.32 Å². The average molecular weight is 510 g/mol. The molecule has 1 aliphatic rings. The summed E-state index contributed by atoms with van der Waals surface area (Å²) in [7, 11) is 1.69. The number of methoxy groups -OCH3 is 1. The van der Waals surface area contributed by atoms with Gasteiger partial charge in [0.05, 0.1) is 24.8 Å². The molecule has 3 aromatic rings. The normalized spacial score (nSPS) is 17.8. The Morgan fingerprint density at radius 2 is 1.79 bits per heavy atom. The van der Waals surface area contributed by atoms with Crippen molar-refractivity contribution in [3.8, 4) is 17.2 Å². The van der Waals surface area contributed by atoms with Crippen molar-refractivity contribution >= 4 is 21.6 Å². The Balaban J connectivity index is 1.79. The van der Waals surface area contributed by atoms with Crippen molar-refractivity contribution in [2.45, 2.75) is 32.5 Å². The zero-order valence-corrected chi connectivity index (χ0v) is 20.7. The summed E-state index contributed by atoms with van der Waals surface area (Å²) in [6.45, 7) is 4.56. The Morgan fingerprint density at radius 1 is 1.00 bits per heavy atom. The van der Waals surface area contributed by atoms with Gasteiger partial charge >= 0.3 is 0 Å². The molecule has 0 bridgehead atoms. The van der Waals surface area contributed by atoms with Gasteiger partial charge in [0, 0.05) is 16.2 Å². The van der Waals surface area contributed by atoms with Crippen molar-refractivity contribution in [2.75, 3.05) is 13.7 Å². The lowest BCUT2D eigenvalue weighted by molar-refractivity contribution is -0.731. The molecule has 33 heavy (non-hydrogen) atoms. The predicted octanol–water partition coefficient (Wildman–Crippen LogP) is 5.07. The largest absolute Gasteiger partial charge is 0.504 e. The third kappa shape index (κ3) is 5.02. The first kappa shape index (κ1) is 23.2. The molecule has 0 spiro atoms. The van der Waals surface area contributed by atoms with Crippen LogP contribution in [0.4, 0.5) is 0 Å². The van der Waals surface area contributed by atoms with Gasteiger partial charge < -0.3 is 25.2 Å². The summed E-state index contributed by atoms with van der Waals surface area (Å²) >= 11 is 3.60. The van der Waals surface area contributed by atoms with Crippen LogP contribution >= 0.6 is 15.9 Å². The molecule has 0 amide bonds. The molecular weight excluding hydrogens is 480 g/mol. The number of hydrogen-bond acceptors (Lipinski definition) is 4. The molecule has 2 atom stereocenters. The van der Waals surface area contributed by atoms with E-state index in [0.29, 0.717) is 12.4 Å². The Labute approximate surface area is 203 Å². The van der Waals surface area contributed by atoms with Gasteiger partial charge in [0.15, 0.2) is 17.7 Å². The molecule has 2 unspecified atom stereocenters. The number of halogens is 1. The Kier molecular flexibility index (Phi) is 7.26. The minimum Gasteiger partial charge on any atom is -0.504 e. The van der Waals surface area contributed by atoms with Gasteiger partial charge in [0.25, 0.3) is 0 Å². The van der Waals surface area contributed by atoms with Gasteiger partial charge in [0.2, 0.25) is 0 Å². The van der Waals surface area contributed by atoms with E-state index in [0.717, 1.165) is 39.0 Å². The highest BCUT2D eigenvalue weighted by molar-refractivity contribution is 9.10. The first-order valence-electron chi connectivity index (χ1n) is 11.2. The van der Waals surface area contributed by atoms with Crippen LogP contribution in [0.25, 0.3) is 5.70 Å². The van der Waals surface area contributed by atoms with E-state index < -0.39 is 0 Å². The number of para-hydroxylation sites is 1. The minimum absolute atomic E-state index is 0.122. The summed E-state index contributed by atoms with van der Waals surface area (Å²) in [6.07, 6.45) is 3.04. The highest BCUT2D eigenvalue weighted by atomic mass is 79.9. The zero-order valence-electron chi connectivity index (χ0n) is 19.1. The van der Waals surface area contributed by atoms with Crippen LogP contribution in [0.1, 0.15) is 48.3 Å².